The number of hydrogen-bond acceptors (Lipinski definition) is 2. The molecule has 0 saturated carbocycles. The number of carbonyl (C=O) groups is 2. The van der Waals surface area contributed by atoms with Crippen molar-refractivity contribution < 1.29 is 9.59 Å². The molecule has 5 heteroatoms. The quantitative estimate of drug-likeness (QED) is 0.485. The molecule has 0 bridgehead atoms. The molecule has 0 spiro atoms. The van der Waals surface area contributed by atoms with Crippen LogP contribution in [0.4, 0.5) is 4.79 Å². The van der Waals surface area contributed by atoms with Gasteiger partial charge in [-0.2, -0.15) is 0 Å². The number of hydrogen-bond donors (Lipinski definition) is 1. The molecule has 2 aromatic rings. The third-order valence-corrected chi connectivity index (χ3v) is 5.04. The molecule has 3 amide bonds. The van der Waals surface area contributed by atoms with Gasteiger partial charge in [-0.3, -0.25) is 9.69 Å². The van der Waals surface area contributed by atoms with Crippen LogP contribution in [0.25, 0.3) is 11.8 Å². The number of rotatable bonds is 4. The van der Waals surface area contributed by atoms with Crippen molar-refractivity contribution in [1.29, 1.82) is 0 Å². The summed E-state index contributed by atoms with van der Waals surface area (Å²) in [5.41, 5.74) is 5.72. The third kappa shape index (κ3) is 3.52. The van der Waals surface area contributed by atoms with E-state index >= 15 is 0 Å². The highest BCUT2D eigenvalue weighted by molar-refractivity contribution is 6.14. The second-order valence-electron chi connectivity index (χ2n) is 8.15. The first-order valence-electron chi connectivity index (χ1n) is 9.39. The van der Waals surface area contributed by atoms with E-state index < -0.39 is 6.03 Å². The Morgan fingerprint density at radius 3 is 2.32 bits per heavy atom. The van der Waals surface area contributed by atoms with Crippen molar-refractivity contribution in [2.75, 3.05) is 6.54 Å². The van der Waals surface area contributed by atoms with Crippen LogP contribution in [0.3, 0.4) is 0 Å². The minimum atomic E-state index is -0.414. The maximum absolute atomic E-state index is 12.4. The lowest BCUT2D eigenvalue weighted by molar-refractivity contribution is -0.122. The Morgan fingerprint density at radius 1 is 1.11 bits per heavy atom. The summed E-state index contributed by atoms with van der Waals surface area (Å²) in [4.78, 5) is 25.5. The molecule has 2 heterocycles. The van der Waals surface area contributed by atoms with E-state index in [0.717, 1.165) is 27.5 Å². The van der Waals surface area contributed by atoms with Crippen LogP contribution in [0.15, 0.2) is 48.7 Å². The summed E-state index contributed by atoms with van der Waals surface area (Å²) in [5, 5.41) is 2.65. The molecule has 146 valence electrons. The lowest BCUT2D eigenvalue weighted by atomic mass is 9.87. The molecule has 0 unspecified atom stereocenters. The molecule has 28 heavy (non-hydrogen) atoms. The average molecular weight is 377 g/mol. The summed E-state index contributed by atoms with van der Waals surface area (Å²) in [7, 11) is 0. The van der Waals surface area contributed by atoms with Gasteiger partial charge in [0.25, 0.3) is 5.91 Å². The van der Waals surface area contributed by atoms with E-state index in [-0.39, 0.29) is 23.6 Å². The summed E-state index contributed by atoms with van der Waals surface area (Å²) in [5.74, 6) is -0.329. The number of nitrogens with zero attached hydrogens (tertiary/aromatic N) is 2. The van der Waals surface area contributed by atoms with Crippen molar-refractivity contribution in [3.05, 3.63) is 71.2 Å². The van der Waals surface area contributed by atoms with Gasteiger partial charge in [0.1, 0.15) is 5.70 Å². The Kier molecular flexibility index (Phi) is 5.02. The molecule has 5 nitrogen and oxygen atoms in total. The zero-order chi connectivity index (χ0) is 20.6. The van der Waals surface area contributed by atoms with Crippen LogP contribution in [0.1, 0.15) is 43.3 Å². The highest BCUT2D eigenvalue weighted by Crippen LogP contribution is 2.27. The van der Waals surface area contributed by atoms with E-state index in [1.807, 2.05) is 19.9 Å². The van der Waals surface area contributed by atoms with Gasteiger partial charge in [0, 0.05) is 23.6 Å². The third-order valence-electron chi connectivity index (χ3n) is 5.04. The first-order chi connectivity index (χ1) is 13.1. The smallest absolute Gasteiger partial charge is 0.318 e. The number of aryl methyl sites for hydroxylation is 1. The predicted octanol–water partition coefficient (Wildman–Crippen LogP) is 4.47. The molecule has 0 radical (unpaired) electrons. The fourth-order valence-electron chi connectivity index (χ4n) is 3.46. The molecule has 3 rings (SSSR count). The lowest BCUT2D eigenvalue weighted by Gasteiger charge is -2.20. The number of imide groups is 1. The van der Waals surface area contributed by atoms with Gasteiger partial charge >= 0.3 is 6.03 Å². The number of aromatic nitrogens is 1. The van der Waals surface area contributed by atoms with Crippen molar-refractivity contribution in [3.63, 3.8) is 0 Å². The van der Waals surface area contributed by atoms with Crippen molar-refractivity contribution in [3.8, 4) is 5.69 Å². The standard InChI is InChI=1S/C23H27N3O2/c1-7-12-25-21(27)20(24-22(25)28)14-17-13-15(2)26(16(17)3)19-10-8-18(9-11-19)23(4,5)6/h7-11,13-14H,1,12H2,2-6H3,(H,24,28)/b20-14+. The monoisotopic (exact) mass is 377 g/mol. The number of nitrogens with one attached hydrogen (secondary N) is 1. The SMILES string of the molecule is C=CCN1C(=O)N/C(=C/c2cc(C)n(-c3ccc(C(C)(C)C)cc3)c2C)C1=O. The highest BCUT2D eigenvalue weighted by atomic mass is 16.2. The van der Waals surface area contributed by atoms with E-state index in [9.17, 15) is 9.59 Å². The van der Waals surface area contributed by atoms with Crippen LogP contribution >= 0.6 is 0 Å². The van der Waals surface area contributed by atoms with Crippen LogP contribution < -0.4 is 5.32 Å². The van der Waals surface area contributed by atoms with Gasteiger partial charge in [0.2, 0.25) is 0 Å². The van der Waals surface area contributed by atoms with E-state index in [2.05, 4.69) is 61.5 Å². The molecule has 1 saturated heterocycles. The van der Waals surface area contributed by atoms with Crippen molar-refractivity contribution in [1.82, 2.24) is 14.8 Å². The van der Waals surface area contributed by atoms with Crippen molar-refractivity contribution in [2.45, 2.75) is 40.0 Å². The van der Waals surface area contributed by atoms with Gasteiger partial charge in [-0.15, -0.1) is 6.58 Å². The Hall–Kier alpha value is -3.08. The highest BCUT2D eigenvalue weighted by Gasteiger charge is 2.32. The van der Waals surface area contributed by atoms with E-state index in [0.29, 0.717) is 0 Å². The molecule has 0 aliphatic carbocycles. The Bertz CT molecular complexity index is 973. The van der Waals surface area contributed by atoms with Crippen LogP contribution in [-0.4, -0.2) is 28.0 Å². The molecule has 0 atom stereocenters. The van der Waals surface area contributed by atoms with E-state index in [1.54, 1.807) is 6.08 Å². The minimum Gasteiger partial charge on any atom is -0.318 e. The summed E-state index contributed by atoms with van der Waals surface area (Å²) in [6.07, 6.45) is 3.28. The second-order valence-corrected chi connectivity index (χ2v) is 8.15. The van der Waals surface area contributed by atoms with E-state index in [4.69, 9.17) is 0 Å². The minimum absolute atomic E-state index is 0.104. The maximum atomic E-state index is 12.4. The van der Waals surface area contributed by atoms with Crippen molar-refractivity contribution >= 4 is 18.0 Å². The maximum Gasteiger partial charge on any atom is 0.329 e. The van der Waals surface area contributed by atoms with Gasteiger partial charge in [0.05, 0.1) is 0 Å². The largest absolute Gasteiger partial charge is 0.329 e. The summed E-state index contributed by atoms with van der Waals surface area (Å²) in [6, 6.07) is 10.1. The molecule has 1 aromatic heterocycles. The van der Waals surface area contributed by atoms with Gasteiger partial charge in [0.15, 0.2) is 0 Å². The zero-order valence-electron chi connectivity index (χ0n) is 17.2. The van der Waals surface area contributed by atoms with Crippen LogP contribution in [0.2, 0.25) is 0 Å². The number of carbonyl (C=O) groups excluding carboxylic acids is 2. The molecule has 1 N–H and O–H groups in total. The fourth-order valence-corrected chi connectivity index (χ4v) is 3.46. The number of urea groups is 1. The van der Waals surface area contributed by atoms with Crippen LogP contribution in [0.5, 0.6) is 0 Å². The Labute approximate surface area is 166 Å². The first kappa shape index (κ1) is 19.7. The normalized spacial score (nSPS) is 16.0. The van der Waals surface area contributed by atoms with Gasteiger partial charge < -0.3 is 9.88 Å². The molecular weight excluding hydrogens is 350 g/mol. The van der Waals surface area contributed by atoms with Crippen LogP contribution in [0, 0.1) is 13.8 Å². The number of amides is 3. The second kappa shape index (κ2) is 7.15. The van der Waals surface area contributed by atoms with Crippen LogP contribution in [-0.2, 0) is 10.2 Å². The molecular formula is C23H27N3O2. The molecule has 1 aliphatic heterocycles. The van der Waals surface area contributed by atoms with Crippen molar-refractivity contribution in [2.24, 2.45) is 0 Å². The fraction of sp³-hybridized carbons (Fsp3) is 0.304. The summed E-state index contributed by atoms with van der Waals surface area (Å²) in [6.45, 7) is 14.4. The Balaban J connectivity index is 1.96. The topological polar surface area (TPSA) is 54.3 Å². The zero-order valence-corrected chi connectivity index (χ0v) is 17.2. The average Bonchev–Trinajstić information content (AvgIpc) is 3.05. The predicted molar refractivity (Wildman–Crippen MR) is 112 cm³/mol. The first-order valence-corrected chi connectivity index (χ1v) is 9.39. The molecule has 1 aromatic carbocycles. The summed E-state index contributed by atoms with van der Waals surface area (Å²) < 4.78 is 2.15. The molecule has 1 fully saturated rings. The van der Waals surface area contributed by atoms with Gasteiger partial charge in [-0.25, -0.2) is 4.79 Å². The lowest BCUT2D eigenvalue weighted by Crippen LogP contribution is -2.30. The van der Waals surface area contributed by atoms with Gasteiger partial charge in [-0.1, -0.05) is 39.0 Å². The summed E-state index contributed by atoms with van der Waals surface area (Å²) >= 11 is 0. The number of benzene rings is 1. The van der Waals surface area contributed by atoms with E-state index in [1.165, 1.54) is 11.6 Å². The van der Waals surface area contributed by atoms with Gasteiger partial charge in [-0.05, 0) is 54.7 Å². The Morgan fingerprint density at radius 2 is 1.75 bits per heavy atom. The molecule has 1 aliphatic rings.